The Morgan fingerprint density at radius 2 is 1.56 bits per heavy atom. The second-order valence-electron chi connectivity index (χ2n) is 9.50. The highest BCUT2D eigenvalue weighted by Gasteiger charge is 2.28. The van der Waals surface area contributed by atoms with Crippen LogP contribution in [0.2, 0.25) is 0 Å². The third-order valence-electron chi connectivity index (χ3n) is 6.73. The molecule has 1 aliphatic rings. The predicted octanol–water partition coefficient (Wildman–Crippen LogP) is 4.57. The largest absolute Gasteiger partial charge is 0.484 e. The third-order valence-corrected chi connectivity index (χ3v) is 8.52. The van der Waals surface area contributed by atoms with Crippen molar-refractivity contribution in [3.63, 3.8) is 0 Å². The molecule has 0 atom stereocenters. The Labute approximate surface area is 230 Å². The molecule has 0 spiro atoms. The number of hydrogen-bond donors (Lipinski definition) is 0. The fourth-order valence-corrected chi connectivity index (χ4v) is 5.92. The number of nitrogens with zero attached hydrogens (tertiary/aromatic N) is 2. The van der Waals surface area contributed by atoms with Crippen LogP contribution < -0.4 is 9.04 Å². The average molecular weight is 551 g/mol. The van der Waals surface area contributed by atoms with Gasteiger partial charge in [0, 0.05) is 13.1 Å². The van der Waals surface area contributed by atoms with Gasteiger partial charge in [0.25, 0.3) is 15.9 Å². The summed E-state index contributed by atoms with van der Waals surface area (Å²) in [7, 11) is -3.84. The monoisotopic (exact) mass is 550 g/mol. The molecule has 0 N–H and O–H groups in total. The Balaban J connectivity index is 1.43. The van der Waals surface area contributed by atoms with Gasteiger partial charge in [-0.2, -0.15) is 0 Å². The maximum atomic E-state index is 13.6. The van der Waals surface area contributed by atoms with E-state index in [0.717, 1.165) is 11.1 Å². The molecule has 39 heavy (non-hydrogen) atoms. The first kappa shape index (κ1) is 28.2. The van der Waals surface area contributed by atoms with Crippen LogP contribution in [0.5, 0.6) is 5.75 Å². The molecule has 3 aromatic rings. The maximum absolute atomic E-state index is 13.6. The number of anilines is 1. The number of amides is 1. The summed E-state index contributed by atoms with van der Waals surface area (Å²) in [5, 5.41) is 0. The normalized spacial score (nSPS) is 14.1. The van der Waals surface area contributed by atoms with E-state index < -0.39 is 10.0 Å². The molecule has 0 aliphatic carbocycles. The number of esters is 1. The van der Waals surface area contributed by atoms with Gasteiger partial charge in [0.15, 0.2) is 6.61 Å². The third kappa shape index (κ3) is 7.17. The van der Waals surface area contributed by atoms with E-state index in [1.54, 1.807) is 60.4 Å². The summed E-state index contributed by atoms with van der Waals surface area (Å²) in [4.78, 5) is 26.5. The first-order chi connectivity index (χ1) is 18.8. The standard InChI is InChI=1S/C30H34N2O6S/c1-3-37-30(34)25-17-19-31(20-18-25)29(33)22-38-27-13-11-26(12-14-27)32(21-24-7-5-4-6-8-24)39(35,36)28-15-9-23(2)10-16-28/h4-16,25H,3,17-22H2,1-2H3. The molecule has 0 saturated carbocycles. The van der Waals surface area contributed by atoms with Crippen molar-refractivity contribution in [2.24, 2.45) is 5.92 Å². The zero-order chi connectivity index (χ0) is 27.8. The summed E-state index contributed by atoms with van der Waals surface area (Å²) in [6.07, 6.45) is 1.15. The van der Waals surface area contributed by atoms with E-state index in [2.05, 4.69) is 0 Å². The highest BCUT2D eigenvalue weighted by atomic mass is 32.2. The summed E-state index contributed by atoms with van der Waals surface area (Å²) in [6, 6.07) is 22.9. The molecule has 1 amide bonds. The van der Waals surface area contributed by atoms with Crippen LogP contribution in [0.1, 0.15) is 30.9 Å². The second-order valence-corrected chi connectivity index (χ2v) is 11.4. The lowest BCUT2D eigenvalue weighted by atomic mass is 9.97. The van der Waals surface area contributed by atoms with Crippen LogP contribution >= 0.6 is 0 Å². The molecule has 0 radical (unpaired) electrons. The van der Waals surface area contributed by atoms with Crippen molar-refractivity contribution in [3.8, 4) is 5.75 Å². The molecule has 8 nitrogen and oxygen atoms in total. The second kappa shape index (κ2) is 12.8. The van der Waals surface area contributed by atoms with Crippen LogP contribution in [0.15, 0.2) is 83.8 Å². The van der Waals surface area contributed by atoms with Gasteiger partial charge < -0.3 is 14.4 Å². The Hall–Kier alpha value is -3.85. The molecule has 206 valence electrons. The molecule has 0 unspecified atom stereocenters. The van der Waals surface area contributed by atoms with Crippen molar-refractivity contribution in [2.75, 3.05) is 30.6 Å². The van der Waals surface area contributed by atoms with E-state index in [9.17, 15) is 18.0 Å². The number of rotatable bonds is 10. The number of likely N-dealkylation sites (tertiary alicyclic amines) is 1. The van der Waals surface area contributed by atoms with Crippen LogP contribution in [-0.2, 0) is 30.9 Å². The number of ether oxygens (including phenoxy) is 2. The van der Waals surface area contributed by atoms with Crippen molar-refractivity contribution in [1.29, 1.82) is 0 Å². The molecule has 9 heteroatoms. The fourth-order valence-electron chi connectivity index (χ4n) is 4.47. The lowest BCUT2D eigenvalue weighted by Crippen LogP contribution is -2.42. The summed E-state index contributed by atoms with van der Waals surface area (Å²) in [6.45, 7) is 5.03. The van der Waals surface area contributed by atoms with E-state index in [0.29, 0.717) is 44.0 Å². The Kier molecular flexibility index (Phi) is 9.24. The molecule has 3 aromatic carbocycles. The summed E-state index contributed by atoms with van der Waals surface area (Å²) in [5.74, 6) is -0.0703. The van der Waals surface area contributed by atoms with Gasteiger partial charge in [-0.05, 0) is 68.7 Å². The van der Waals surface area contributed by atoms with Gasteiger partial charge in [0.2, 0.25) is 0 Å². The van der Waals surface area contributed by atoms with Gasteiger partial charge in [-0.15, -0.1) is 0 Å². The minimum atomic E-state index is -3.84. The van der Waals surface area contributed by atoms with E-state index in [-0.39, 0.29) is 35.8 Å². The van der Waals surface area contributed by atoms with Crippen molar-refractivity contribution in [2.45, 2.75) is 38.1 Å². The molecular formula is C30H34N2O6S. The van der Waals surface area contributed by atoms with Gasteiger partial charge in [0.05, 0.1) is 29.7 Å². The SMILES string of the molecule is CCOC(=O)C1CCN(C(=O)COc2ccc(N(Cc3ccccc3)S(=O)(=O)c3ccc(C)cc3)cc2)CC1. The lowest BCUT2D eigenvalue weighted by molar-refractivity contribution is -0.151. The zero-order valence-electron chi connectivity index (χ0n) is 22.3. The topological polar surface area (TPSA) is 93.2 Å². The molecule has 1 heterocycles. The highest BCUT2D eigenvalue weighted by molar-refractivity contribution is 7.92. The van der Waals surface area contributed by atoms with Crippen molar-refractivity contribution >= 4 is 27.6 Å². The van der Waals surface area contributed by atoms with Crippen LogP contribution in [0.25, 0.3) is 0 Å². The average Bonchev–Trinajstić information content (AvgIpc) is 2.96. The molecular weight excluding hydrogens is 516 g/mol. The molecule has 0 bridgehead atoms. The van der Waals surface area contributed by atoms with Gasteiger partial charge in [-0.1, -0.05) is 48.0 Å². The quantitative estimate of drug-likeness (QED) is 0.344. The van der Waals surface area contributed by atoms with Crippen LogP contribution in [0.3, 0.4) is 0 Å². The molecule has 0 aromatic heterocycles. The number of aryl methyl sites for hydroxylation is 1. The minimum absolute atomic E-state index is 0.140. The molecule has 1 saturated heterocycles. The minimum Gasteiger partial charge on any atom is -0.484 e. The Morgan fingerprint density at radius 3 is 2.18 bits per heavy atom. The maximum Gasteiger partial charge on any atom is 0.309 e. The molecule has 1 fully saturated rings. The number of carbonyl (C=O) groups excluding carboxylic acids is 2. The number of carbonyl (C=O) groups is 2. The Morgan fingerprint density at radius 1 is 0.923 bits per heavy atom. The van der Waals surface area contributed by atoms with E-state index in [4.69, 9.17) is 9.47 Å². The van der Waals surface area contributed by atoms with Crippen molar-refractivity contribution in [3.05, 3.63) is 90.0 Å². The van der Waals surface area contributed by atoms with Gasteiger partial charge in [0.1, 0.15) is 5.75 Å². The smallest absolute Gasteiger partial charge is 0.309 e. The molecule has 1 aliphatic heterocycles. The van der Waals surface area contributed by atoms with Gasteiger partial charge in [-0.25, -0.2) is 8.42 Å². The van der Waals surface area contributed by atoms with E-state index in [1.165, 1.54) is 4.31 Å². The number of sulfonamides is 1. The zero-order valence-corrected chi connectivity index (χ0v) is 23.1. The van der Waals surface area contributed by atoms with Crippen LogP contribution in [-0.4, -0.2) is 51.5 Å². The van der Waals surface area contributed by atoms with Crippen LogP contribution in [0, 0.1) is 12.8 Å². The first-order valence-corrected chi connectivity index (χ1v) is 14.5. The van der Waals surface area contributed by atoms with E-state index in [1.807, 2.05) is 37.3 Å². The van der Waals surface area contributed by atoms with Crippen molar-refractivity contribution in [1.82, 2.24) is 4.90 Å². The summed E-state index contributed by atoms with van der Waals surface area (Å²) >= 11 is 0. The van der Waals surface area contributed by atoms with Crippen LogP contribution in [0.4, 0.5) is 5.69 Å². The Bertz CT molecular complexity index is 1350. The van der Waals surface area contributed by atoms with Gasteiger partial charge >= 0.3 is 5.97 Å². The number of hydrogen-bond acceptors (Lipinski definition) is 6. The predicted molar refractivity (Wildman–Crippen MR) is 149 cm³/mol. The summed E-state index contributed by atoms with van der Waals surface area (Å²) in [5.41, 5.74) is 2.31. The number of piperidine rings is 1. The molecule has 4 rings (SSSR count). The van der Waals surface area contributed by atoms with E-state index >= 15 is 0 Å². The first-order valence-electron chi connectivity index (χ1n) is 13.1. The van der Waals surface area contributed by atoms with Gasteiger partial charge in [-0.3, -0.25) is 13.9 Å². The number of benzene rings is 3. The lowest BCUT2D eigenvalue weighted by Gasteiger charge is -2.30. The van der Waals surface area contributed by atoms with Crippen molar-refractivity contribution < 1.29 is 27.5 Å². The fraction of sp³-hybridized carbons (Fsp3) is 0.333. The highest BCUT2D eigenvalue weighted by Crippen LogP contribution is 2.28. The summed E-state index contributed by atoms with van der Waals surface area (Å²) < 4.78 is 39.5.